The van der Waals surface area contributed by atoms with Crippen molar-refractivity contribution in [3.05, 3.63) is 57.6 Å². The fourth-order valence-electron chi connectivity index (χ4n) is 1.94. The summed E-state index contributed by atoms with van der Waals surface area (Å²) in [7, 11) is 0. The van der Waals surface area contributed by atoms with Gasteiger partial charge in [-0.05, 0) is 56.2 Å². The number of anilines is 1. The van der Waals surface area contributed by atoms with Crippen molar-refractivity contribution in [1.82, 2.24) is 0 Å². The summed E-state index contributed by atoms with van der Waals surface area (Å²) in [6, 6.07) is 10.7. The van der Waals surface area contributed by atoms with E-state index in [2.05, 4.69) is 5.32 Å². The Hall–Kier alpha value is -1.71. The Morgan fingerprint density at radius 2 is 1.91 bits per heavy atom. The van der Waals surface area contributed by atoms with E-state index in [0.717, 1.165) is 16.8 Å². The van der Waals surface area contributed by atoms with Crippen LogP contribution in [-0.2, 0) is 4.79 Å². The van der Waals surface area contributed by atoms with E-state index in [-0.39, 0.29) is 5.91 Å². The maximum Gasteiger partial charge on any atom is 0.265 e. The van der Waals surface area contributed by atoms with Gasteiger partial charge in [0.15, 0.2) is 6.10 Å². The number of hydrogen-bond donors (Lipinski definition) is 1. The molecule has 5 heteroatoms. The lowest BCUT2D eigenvalue weighted by molar-refractivity contribution is -0.122. The van der Waals surface area contributed by atoms with Gasteiger partial charge in [0, 0.05) is 10.7 Å². The smallest absolute Gasteiger partial charge is 0.265 e. The molecule has 0 bridgehead atoms. The molecule has 3 nitrogen and oxygen atoms in total. The summed E-state index contributed by atoms with van der Waals surface area (Å²) in [5.74, 6) is 0.189. The van der Waals surface area contributed by atoms with Crippen LogP contribution in [0.15, 0.2) is 36.4 Å². The van der Waals surface area contributed by atoms with Crippen LogP contribution < -0.4 is 10.1 Å². The van der Waals surface area contributed by atoms with E-state index in [9.17, 15) is 4.79 Å². The number of rotatable bonds is 4. The minimum atomic E-state index is -0.682. The van der Waals surface area contributed by atoms with Crippen molar-refractivity contribution in [2.45, 2.75) is 26.9 Å². The molecule has 0 heterocycles. The van der Waals surface area contributed by atoms with Crippen molar-refractivity contribution in [3.63, 3.8) is 0 Å². The third kappa shape index (κ3) is 3.93. The highest BCUT2D eigenvalue weighted by molar-refractivity contribution is 6.35. The van der Waals surface area contributed by atoms with E-state index in [1.54, 1.807) is 25.1 Å². The molecule has 0 spiro atoms. The summed E-state index contributed by atoms with van der Waals surface area (Å²) >= 11 is 11.9. The van der Waals surface area contributed by atoms with Crippen LogP contribution in [-0.4, -0.2) is 12.0 Å². The topological polar surface area (TPSA) is 38.3 Å². The van der Waals surface area contributed by atoms with Crippen LogP contribution in [0.5, 0.6) is 5.75 Å². The first-order valence-corrected chi connectivity index (χ1v) is 7.63. The van der Waals surface area contributed by atoms with Gasteiger partial charge in [-0.1, -0.05) is 35.3 Å². The predicted octanol–water partition coefficient (Wildman–Crippen LogP) is 5.02. The van der Waals surface area contributed by atoms with Crippen LogP contribution in [0, 0.1) is 13.8 Å². The minimum Gasteiger partial charge on any atom is -0.479 e. The van der Waals surface area contributed by atoms with Crippen molar-refractivity contribution < 1.29 is 9.53 Å². The third-order valence-corrected chi connectivity index (χ3v) is 3.96. The molecule has 2 aromatic rings. The molecule has 0 aliphatic heterocycles. The molecule has 0 saturated carbocycles. The Balaban J connectivity index is 2.07. The highest BCUT2D eigenvalue weighted by Gasteiger charge is 2.17. The van der Waals surface area contributed by atoms with Gasteiger partial charge in [-0.2, -0.15) is 0 Å². The Labute approximate surface area is 140 Å². The van der Waals surface area contributed by atoms with Crippen LogP contribution >= 0.6 is 23.2 Å². The number of ether oxygens (including phenoxy) is 1. The standard InChI is InChI=1S/C17H17Cl2NO2/c1-10-5-4-6-15(11(10)2)20-17(21)12(3)22-16-8-7-13(18)9-14(16)19/h4-9,12H,1-3H3,(H,20,21)/t12-/m1/s1. The average molecular weight is 338 g/mol. The Morgan fingerprint density at radius 1 is 1.18 bits per heavy atom. The lowest BCUT2D eigenvalue weighted by atomic mass is 10.1. The van der Waals surface area contributed by atoms with Crippen molar-refractivity contribution in [2.75, 3.05) is 5.32 Å². The number of amides is 1. The lowest BCUT2D eigenvalue weighted by Gasteiger charge is -2.17. The largest absolute Gasteiger partial charge is 0.479 e. The second-order valence-corrected chi connectivity index (χ2v) is 5.92. The summed E-state index contributed by atoms with van der Waals surface area (Å²) in [6.45, 7) is 5.64. The highest BCUT2D eigenvalue weighted by Crippen LogP contribution is 2.28. The lowest BCUT2D eigenvalue weighted by Crippen LogP contribution is -2.30. The monoisotopic (exact) mass is 337 g/mol. The molecule has 0 aromatic heterocycles. The molecule has 0 unspecified atom stereocenters. The molecule has 0 fully saturated rings. The molecule has 0 radical (unpaired) electrons. The molecule has 116 valence electrons. The molecular formula is C17H17Cl2NO2. The molecule has 0 saturated heterocycles. The van der Waals surface area contributed by atoms with Gasteiger partial charge in [0.2, 0.25) is 0 Å². The van der Waals surface area contributed by atoms with Gasteiger partial charge in [-0.3, -0.25) is 4.79 Å². The zero-order chi connectivity index (χ0) is 16.3. The Kier molecular flexibility index (Phi) is 5.33. The van der Waals surface area contributed by atoms with Crippen molar-refractivity contribution in [3.8, 4) is 5.75 Å². The van der Waals surface area contributed by atoms with Gasteiger partial charge in [0.25, 0.3) is 5.91 Å². The van der Waals surface area contributed by atoms with E-state index in [4.69, 9.17) is 27.9 Å². The average Bonchev–Trinajstić information content (AvgIpc) is 2.46. The number of carbonyl (C=O) groups is 1. The first-order chi connectivity index (χ1) is 10.4. The molecular weight excluding hydrogens is 321 g/mol. The fraction of sp³-hybridized carbons (Fsp3) is 0.235. The highest BCUT2D eigenvalue weighted by atomic mass is 35.5. The molecule has 1 amide bonds. The fourth-order valence-corrected chi connectivity index (χ4v) is 2.39. The normalized spacial score (nSPS) is 11.9. The van der Waals surface area contributed by atoms with Gasteiger partial charge in [-0.25, -0.2) is 0 Å². The number of nitrogens with one attached hydrogen (secondary N) is 1. The van der Waals surface area contributed by atoms with Crippen molar-refractivity contribution in [1.29, 1.82) is 0 Å². The number of hydrogen-bond acceptors (Lipinski definition) is 2. The van der Waals surface area contributed by atoms with E-state index in [1.165, 1.54) is 0 Å². The molecule has 0 aliphatic rings. The summed E-state index contributed by atoms with van der Waals surface area (Å²) < 4.78 is 5.60. The Bertz CT molecular complexity index is 701. The molecule has 2 rings (SSSR count). The number of benzene rings is 2. The molecule has 0 aliphatic carbocycles. The van der Waals surface area contributed by atoms with Gasteiger partial charge < -0.3 is 10.1 Å². The summed E-state index contributed by atoms with van der Waals surface area (Å²) in [5.41, 5.74) is 2.93. The summed E-state index contributed by atoms with van der Waals surface area (Å²) in [4.78, 5) is 12.3. The van der Waals surface area contributed by atoms with E-state index < -0.39 is 6.10 Å². The van der Waals surface area contributed by atoms with E-state index >= 15 is 0 Å². The van der Waals surface area contributed by atoms with Crippen molar-refractivity contribution in [2.24, 2.45) is 0 Å². The molecule has 1 atom stereocenters. The van der Waals surface area contributed by atoms with E-state index in [1.807, 2.05) is 32.0 Å². The Morgan fingerprint density at radius 3 is 2.59 bits per heavy atom. The number of aryl methyl sites for hydroxylation is 1. The van der Waals surface area contributed by atoms with Gasteiger partial charge in [-0.15, -0.1) is 0 Å². The quantitative estimate of drug-likeness (QED) is 0.850. The second-order valence-electron chi connectivity index (χ2n) is 5.07. The first kappa shape index (κ1) is 16.7. The van der Waals surface area contributed by atoms with Crippen LogP contribution in [0.25, 0.3) is 0 Å². The second kappa shape index (κ2) is 7.03. The molecule has 1 N–H and O–H groups in total. The summed E-state index contributed by atoms with van der Waals surface area (Å²) in [6.07, 6.45) is -0.682. The summed E-state index contributed by atoms with van der Waals surface area (Å²) in [5, 5.41) is 3.76. The SMILES string of the molecule is Cc1cccc(NC(=O)[C@@H](C)Oc2ccc(Cl)cc2Cl)c1C. The van der Waals surface area contributed by atoms with Crippen molar-refractivity contribution >= 4 is 34.8 Å². The van der Waals surface area contributed by atoms with Gasteiger partial charge in [0.1, 0.15) is 5.75 Å². The zero-order valence-corrected chi connectivity index (χ0v) is 14.1. The number of halogens is 2. The predicted molar refractivity (Wildman–Crippen MR) is 91.1 cm³/mol. The zero-order valence-electron chi connectivity index (χ0n) is 12.6. The first-order valence-electron chi connectivity index (χ1n) is 6.87. The number of carbonyl (C=O) groups excluding carboxylic acids is 1. The molecule has 22 heavy (non-hydrogen) atoms. The van der Waals surface area contributed by atoms with Crippen LogP contribution in [0.3, 0.4) is 0 Å². The van der Waals surface area contributed by atoms with Crippen LogP contribution in [0.2, 0.25) is 10.0 Å². The van der Waals surface area contributed by atoms with E-state index in [0.29, 0.717) is 15.8 Å². The minimum absolute atomic E-state index is 0.236. The van der Waals surface area contributed by atoms with Crippen LogP contribution in [0.1, 0.15) is 18.1 Å². The maximum atomic E-state index is 12.3. The molecule has 2 aromatic carbocycles. The maximum absolute atomic E-state index is 12.3. The third-order valence-electron chi connectivity index (χ3n) is 3.43. The van der Waals surface area contributed by atoms with Crippen LogP contribution in [0.4, 0.5) is 5.69 Å². The van der Waals surface area contributed by atoms with Gasteiger partial charge in [0.05, 0.1) is 5.02 Å². The van der Waals surface area contributed by atoms with Gasteiger partial charge >= 0.3 is 0 Å².